The van der Waals surface area contributed by atoms with Crippen molar-refractivity contribution in [1.29, 1.82) is 0 Å². The number of fused-ring (bicyclic) bond motifs is 1. The first-order valence-electron chi connectivity index (χ1n) is 8.50. The van der Waals surface area contributed by atoms with Crippen molar-refractivity contribution in [3.05, 3.63) is 66.1 Å². The summed E-state index contributed by atoms with van der Waals surface area (Å²) < 4.78 is 11.5. The van der Waals surface area contributed by atoms with Crippen LogP contribution in [0.1, 0.15) is 16.3 Å². The van der Waals surface area contributed by atoms with E-state index in [4.69, 9.17) is 9.15 Å². The van der Waals surface area contributed by atoms with Gasteiger partial charge in [0.25, 0.3) is 5.91 Å². The van der Waals surface area contributed by atoms with Crippen LogP contribution in [0.4, 0.5) is 0 Å². The van der Waals surface area contributed by atoms with E-state index in [1.54, 1.807) is 12.1 Å². The van der Waals surface area contributed by atoms with Crippen LogP contribution in [0.3, 0.4) is 0 Å². The van der Waals surface area contributed by atoms with Crippen molar-refractivity contribution in [2.24, 2.45) is 0 Å². The molecular formula is C20H21ClN2O3. The third-order valence-corrected chi connectivity index (χ3v) is 4.38. The minimum absolute atomic E-state index is 0. The van der Waals surface area contributed by atoms with Crippen molar-refractivity contribution in [2.45, 2.75) is 6.61 Å². The highest BCUT2D eigenvalue weighted by Crippen LogP contribution is 2.22. The molecule has 26 heavy (non-hydrogen) atoms. The van der Waals surface area contributed by atoms with Crippen molar-refractivity contribution < 1.29 is 13.9 Å². The van der Waals surface area contributed by atoms with E-state index in [1.807, 2.05) is 35.2 Å². The number of hydrogen-bond donors (Lipinski definition) is 1. The Balaban J connectivity index is 0.00000196. The normalized spacial score (nSPS) is 14.1. The van der Waals surface area contributed by atoms with Crippen molar-refractivity contribution in [3.8, 4) is 5.75 Å². The van der Waals surface area contributed by atoms with Crippen LogP contribution in [0, 0.1) is 0 Å². The molecule has 2 aromatic carbocycles. The SMILES string of the molecule is Cl.O=C(c1ccc(COc2ccc3ccccc3c2)o1)N1CCNCC1. The Labute approximate surface area is 158 Å². The van der Waals surface area contributed by atoms with Gasteiger partial charge in [-0.25, -0.2) is 0 Å². The Morgan fingerprint density at radius 1 is 1.04 bits per heavy atom. The molecule has 0 atom stereocenters. The smallest absolute Gasteiger partial charge is 0.289 e. The molecular weight excluding hydrogens is 352 g/mol. The molecule has 1 fully saturated rings. The molecule has 1 saturated heterocycles. The van der Waals surface area contributed by atoms with Crippen LogP contribution in [0.25, 0.3) is 10.8 Å². The zero-order valence-electron chi connectivity index (χ0n) is 14.3. The molecule has 0 aliphatic carbocycles. The summed E-state index contributed by atoms with van der Waals surface area (Å²) in [5.74, 6) is 1.74. The standard InChI is InChI=1S/C20H20N2O3.ClH/c23-20(22-11-9-21-10-12-22)19-8-7-18(25-19)14-24-17-6-5-15-3-1-2-4-16(15)13-17;/h1-8,13,21H,9-12,14H2;1H. The Kier molecular flexibility index (Phi) is 5.81. The highest BCUT2D eigenvalue weighted by Gasteiger charge is 2.20. The number of ether oxygens (including phenoxy) is 1. The number of nitrogens with one attached hydrogen (secondary N) is 1. The van der Waals surface area contributed by atoms with E-state index < -0.39 is 0 Å². The number of rotatable bonds is 4. The third-order valence-electron chi connectivity index (χ3n) is 4.38. The fourth-order valence-corrected chi connectivity index (χ4v) is 3.01. The second-order valence-electron chi connectivity index (χ2n) is 6.11. The van der Waals surface area contributed by atoms with Crippen molar-refractivity contribution in [3.63, 3.8) is 0 Å². The summed E-state index contributed by atoms with van der Waals surface area (Å²) in [6, 6.07) is 17.7. The van der Waals surface area contributed by atoms with E-state index in [-0.39, 0.29) is 18.3 Å². The van der Waals surface area contributed by atoms with Crippen LogP contribution in [0.2, 0.25) is 0 Å². The molecule has 1 aliphatic rings. The molecule has 0 spiro atoms. The van der Waals surface area contributed by atoms with Gasteiger partial charge in [-0.05, 0) is 35.0 Å². The average molecular weight is 373 g/mol. The molecule has 4 rings (SSSR count). The van der Waals surface area contributed by atoms with Crippen LogP contribution < -0.4 is 10.1 Å². The van der Waals surface area contributed by atoms with Crippen LogP contribution in [-0.2, 0) is 6.61 Å². The second kappa shape index (κ2) is 8.25. The summed E-state index contributed by atoms with van der Waals surface area (Å²) in [7, 11) is 0. The topological polar surface area (TPSA) is 54.7 Å². The summed E-state index contributed by atoms with van der Waals surface area (Å²) in [5, 5.41) is 5.54. The number of amides is 1. The number of carbonyl (C=O) groups excluding carboxylic acids is 1. The predicted octanol–water partition coefficient (Wildman–Crippen LogP) is 3.48. The van der Waals surface area contributed by atoms with Gasteiger partial charge in [-0.3, -0.25) is 4.79 Å². The minimum atomic E-state index is -0.0570. The van der Waals surface area contributed by atoms with Crippen LogP contribution >= 0.6 is 12.4 Å². The molecule has 1 amide bonds. The zero-order valence-corrected chi connectivity index (χ0v) is 15.1. The first-order chi connectivity index (χ1) is 12.3. The van der Waals surface area contributed by atoms with Crippen LogP contribution in [-0.4, -0.2) is 37.0 Å². The van der Waals surface area contributed by atoms with Gasteiger partial charge in [0, 0.05) is 26.2 Å². The second-order valence-corrected chi connectivity index (χ2v) is 6.11. The Morgan fingerprint density at radius 2 is 1.81 bits per heavy atom. The van der Waals surface area contributed by atoms with Gasteiger partial charge in [0.05, 0.1) is 0 Å². The number of hydrogen-bond acceptors (Lipinski definition) is 4. The summed E-state index contributed by atoms with van der Waals surface area (Å²) in [6.45, 7) is 3.37. The van der Waals surface area contributed by atoms with Gasteiger partial charge < -0.3 is 19.4 Å². The van der Waals surface area contributed by atoms with E-state index in [0.29, 0.717) is 31.2 Å². The van der Waals surface area contributed by atoms with Crippen molar-refractivity contribution >= 4 is 29.1 Å². The number of piperazine rings is 1. The van der Waals surface area contributed by atoms with E-state index >= 15 is 0 Å². The lowest BCUT2D eigenvalue weighted by Gasteiger charge is -2.26. The Hall–Kier alpha value is -2.50. The fourth-order valence-electron chi connectivity index (χ4n) is 3.01. The van der Waals surface area contributed by atoms with Gasteiger partial charge in [-0.2, -0.15) is 0 Å². The van der Waals surface area contributed by atoms with Gasteiger partial charge in [0.2, 0.25) is 0 Å². The predicted molar refractivity (Wildman–Crippen MR) is 103 cm³/mol. The summed E-state index contributed by atoms with van der Waals surface area (Å²) in [5.41, 5.74) is 0. The van der Waals surface area contributed by atoms with Gasteiger partial charge in [0.1, 0.15) is 18.1 Å². The molecule has 2 heterocycles. The minimum Gasteiger partial charge on any atom is -0.486 e. The van der Waals surface area contributed by atoms with Gasteiger partial charge >= 0.3 is 0 Å². The van der Waals surface area contributed by atoms with E-state index in [9.17, 15) is 4.79 Å². The molecule has 0 radical (unpaired) electrons. The molecule has 1 aliphatic heterocycles. The molecule has 136 valence electrons. The highest BCUT2D eigenvalue weighted by molar-refractivity contribution is 5.91. The fraction of sp³-hybridized carbons (Fsp3) is 0.250. The maximum Gasteiger partial charge on any atom is 0.289 e. The molecule has 1 N–H and O–H groups in total. The first-order valence-corrected chi connectivity index (χ1v) is 8.50. The molecule has 0 saturated carbocycles. The summed E-state index contributed by atoms with van der Waals surface area (Å²) in [6.07, 6.45) is 0. The monoisotopic (exact) mass is 372 g/mol. The van der Waals surface area contributed by atoms with Crippen molar-refractivity contribution in [1.82, 2.24) is 10.2 Å². The maximum absolute atomic E-state index is 12.4. The van der Waals surface area contributed by atoms with E-state index in [0.717, 1.165) is 24.2 Å². The maximum atomic E-state index is 12.4. The average Bonchev–Trinajstić information content (AvgIpc) is 3.15. The van der Waals surface area contributed by atoms with Crippen LogP contribution in [0.15, 0.2) is 59.0 Å². The van der Waals surface area contributed by atoms with Crippen molar-refractivity contribution in [2.75, 3.05) is 26.2 Å². The first kappa shape index (κ1) is 18.3. The summed E-state index contributed by atoms with van der Waals surface area (Å²) in [4.78, 5) is 14.2. The number of furan rings is 1. The Morgan fingerprint density at radius 3 is 2.62 bits per heavy atom. The molecule has 0 unspecified atom stereocenters. The molecule has 5 nitrogen and oxygen atoms in total. The number of benzene rings is 2. The van der Waals surface area contributed by atoms with Gasteiger partial charge in [-0.1, -0.05) is 30.3 Å². The molecule has 3 aromatic rings. The molecule has 6 heteroatoms. The Bertz CT molecular complexity index is 887. The van der Waals surface area contributed by atoms with E-state index in [1.165, 1.54) is 5.39 Å². The lowest BCUT2D eigenvalue weighted by molar-refractivity contribution is 0.0699. The van der Waals surface area contributed by atoms with Gasteiger partial charge in [0.15, 0.2) is 5.76 Å². The lowest BCUT2D eigenvalue weighted by atomic mass is 10.1. The number of nitrogens with zero attached hydrogens (tertiary/aromatic N) is 1. The zero-order chi connectivity index (χ0) is 17.1. The van der Waals surface area contributed by atoms with Gasteiger partial charge in [-0.15, -0.1) is 12.4 Å². The van der Waals surface area contributed by atoms with Crippen LogP contribution in [0.5, 0.6) is 5.75 Å². The molecule has 1 aromatic heterocycles. The highest BCUT2D eigenvalue weighted by atomic mass is 35.5. The largest absolute Gasteiger partial charge is 0.486 e. The summed E-state index contributed by atoms with van der Waals surface area (Å²) >= 11 is 0. The third kappa shape index (κ3) is 4.00. The number of carbonyl (C=O) groups is 1. The number of halogens is 1. The quantitative estimate of drug-likeness (QED) is 0.761. The van der Waals surface area contributed by atoms with E-state index in [2.05, 4.69) is 17.4 Å². The molecule has 0 bridgehead atoms. The lowest BCUT2D eigenvalue weighted by Crippen LogP contribution is -2.46.